The van der Waals surface area contributed by atoms with Crippen LogP contribution in [0.15, 0.2) is 0 Å². The molecule has 25 heavy (non-hydrogen) atoms. The number of carbonyl (C=O) groups excluding carboxylic acids is 1. The molecule has 0 spiro atoms. The minimum Gasteiger partial charge on any atom is -0.462 e. The number of hydrogen-bond acceptors (Lipinski definition) is 4. The average molecular weight is 350 g/mol. The quantitative estimate of drug-likeness (QED) is 0.750. The molecule has 0 saturated heterocycles. The first kappa shape index (κ1) is 17.8. The summed E-state index contributed by atoms with van der Waals surface area (Å²) in [7, 11) is 0. The zero-order valence-corrected chi connectivity index (χ0v) is 16.0. The monoisotopic (exact) mass is 350 g/mol. The van der Waals surface area contributed by atoms with E-state index in [0.29, 0.717) is 17.8 Å². The Morgan fingerprint density at radius 1 is 1.00 bits per heavy atom. The van der Waals surface area contributed by atoms with E-state index in [1.165, 1.54) is 19.8 Å². The Balaban J connectivity index is 1.60. The van der Waals surface area contributed by atoms with Gasteiger partial charge in [-0.1, -0.05) is 13.8 Å². The fourth-order valence-corrected chi connectivity index (χ4v) is 7.89. The van der Waals surface area contributed by atoms with Gasteiger partial charge in [0.25, 0.3) is 0 Å². The molecule has 4 nitrogen and oxygen atoms in total. The Kier molecular flexibility index (Phi) is 4.05. The molecule has 4 saturated carbocycles. The van der Waals surface area contributed by atoms with Crippen molar-refractivity contribution < 1.29 is 19.7 Å². The smallest absolute Gasteiger partial charge is 0.302 e. The molecular weight excluding hydrogens is 316 g/mol. The first-order chi connectivity index (χ1) is 11.7. The van der Waals surface area contributed by atoms with Crippen molar-refractivity contribution in [1.82, 2.24) is 0 Å². The minimum absolute atomic E-state index is 0.0828. The van der Waals surface area contributed by atoms with Crippen molar-refractivity contribution in [1.29, 1.82) is 0 Å². The van der Waals surface area contributed by atoms with Crippen molar-refractivity contribution >= 4 is 5.97 Å². The molecule has 0 aliphatic heterocycles. The molecule has 0 radical (unpaired) electrons. The fourth-order valence-electron chi connectivity index (χ4n) is 7.89. The molecule has 0 heterocycles. The van der Waals surface area contributed by atoms with Gasteiger partial charge in [-0.25, -0.2) is 0 Å². The van der Waals surface area contributed by atoms with Crippen LogP contribution in [0.25, 0.3) is 0 Å². The van der Waals surface area contributed by atoms with E-state index in [1.807, 2.05) is 0 Å². The lowest BCUT2D eigenvalue weighted by Gasteiger charge is -2.58. The molecule has 4 rings (SSSR count). The first-order valence-electron chi connectivity index (χ1n) is 10.2. The summed E-state index contributed by atoms with van der Waals surface area (Å²) >= 11 is 0. The molecule has 8 atom stereocenters. The van der Waals surface area contributed by atoms with Crippen LogP contribution in [-0.2, 0) is 9.53 Å². The summed E-state index contributed by atoms with van der Waals surface area (Å²) in [6.45, 7) is 6.16. The normalized spacial score (nSPS) is 54.5. The number of ether oxygens (including phenoxy) is 1. The zero-order chi connectivity index (χ0) is 18.0. The molecule has 4 aliphatic carbocycles. The summed E-state index contributed by atoms with van der Waals surface area (Å²) in [5.74, 6) is 2.05. The maximum absolute atomic E-state index is 11.5. The van der Waals surface area contributed by atoms with Crippen molar-refractivity contribution in [2.75, 3.05) is 6.61 Å². The van der Waals surface area contributed by atoms with Crippen molar-refractivity contribution in [2.24, 2.45) is 34.5 Å². The van der Waals surface area contributed by atoms with Crippen LogP contribution in [-0.4, -0.2) is 34.5 Å². The molecule has 0 bridgehead atoms. The number of rotatable bonds is 2. The van der Waals surface area contributed by atoms with Gasteiger partial charge in [-0.05, 0) is 80.5 Å². The average Bonchev–Trinajstić information content (AvgIpc) is 3.03. The molecule has 0 aromatic rings. The summed E-state index contributed by atoms with van der Waals surface area (Å²) in [4.78, 5) is 11.5. The second-order valence-electron chi connectivity index (χ2n) is 9.99. The van der Waals surface area contributed by atoms with Crippen LogP contribution in [0.1, 0.15) is 72.1 Å². The van der Waals surface area contributed by atoms with Gasteiger partial charge in [0.05, 0.1) is 12.2 Å². The van der Waals surface area contributed by atoms with Crippen LogP contribution >= 0.6 is 0 Å². The highest BCUT2D eigenvalue weighted by Crippen LogP contribution is 2.68. The van der Waals surface area contributed by atoms with Gasteiger partial charge in [-0.15, -0.1) is 0 Å². The fraction of sp³-hybridized carbons (Fsp3) is 0.952. The van der Waals surface area contributed by atoms with Gasteiger partial charge in [0.15, 0.2) is 0 Å². The minimum atomic E-state index is -0.865. The second kappa shape index (κ2) is 5.69. The Bertz CT molecular complexity index is 562. The van der Waals surface area contributed by atoms with E-state index in [2.05, 4.69) is 13.8 Å². The molecular formula is C21H34O4. The molecule has 0 aromatic carbocycles. The lowest BCUT2D eigenvalue weighted by molar-refractivity contribution is -0.163. The van der Waals surface area contributed by atoms with Gasteiger partial charge in [-0.3, -0.25) is 4.79 Å². The summed E-state index contributed by atoms with van der Waals surface area (Å²) in [5, 5.41) is 20.7. The van der Waals surface area contributed by atoms with E-state index in [4.69, 9.17) is 4.74 Å². The van der Waals surface area contributed by atoms with Gasteiger partial charge < -0.3 is 14.9 Å². The number of aliphatic hydroxyl groups is 2. The van der Waals surface area contributed by atoms with Gasteiger partial charge in [0.2, 0.25) is 0 Å². The number of esters is 1. The van der Waals surface area contributed by atoms with Crippen LogP contribution in [0.3, 0.4) is 0 Å². The summed E-state index contributed by atoms with van der Waals surface area (Å²) in [5.41, 5.74) is -0.584. The van der Waals surface area contributed by atoms with Crippen LogP contribution in [0, 0.1) is 34.5 Å². The Morgan fingerprint density at radius 2 is 1.72 bits per heavy atom. The third-order valence-corrected chi connectivity index (χ3v) is 9.11. The standard InChI is InChI=1S/C21H34O4/c1-13(23)25-18-7-5-15-14-4-6-17-19(2,10-11-21(17,24)12-22)16(14)8-9-20(15,18)3/h14-18,22,24H,4-12H2,1-3H3/t14-,15-,16-,17+,18-,19+,20-,21-/m0/s1. The molecule has 4 heteroatoms. The molecule has 4 fully saturated rings. The van der Waals surface area contributed by atoms with Gasteiger partial charge in [0, 0.05) is 12.3 Å². The third kappa shape index (κ3) is 2.36. The Labute approximate surface area is 151 Å². The van der Waals surface area contributed by atoms with Crippen molar-refractivity contribution in [2.45, 2.75) is 83.8 Å². The van der Waals surface area contributed by atoms with E-state index in [0.717, 1.165) is 38.5 Å². The molecule has 0 amide bonds. The molecule has 2 N–H and O–H groups in total. The largest absolute Gasteiger partial charge is 0.462 e. The van der Waals surface area contributed by atoms with E-state index in [9.17, 15) is 15.0 Å². The van der Waals surface area contributed by atoms with Gasteiger partial charge in [-0.2, -0.15) is 0 Å². The lowest BCUT2D eigenvalue weighted by Crippen LogP contribution is -2.54. The number of aliphatic hydroxyl groups excluding tert-OH is 1. The molecule has 142 valence electrons. The van der Waals surface area contributed by atoms with Crippen molar-refractivity contribution in [3.05, 3.63) is 0 Å². The Morgan fingerprint density at radius 3 is 2.40 bits per heavy atom. The van der Waals surface area contributed by atoms with Gasteiger partial charge in [0.1, 0.15) is 6.10 Å². The van der Waals surface area contributed by atoms with Crippen LogP contribution < -0.4 is 0 Å². The summed E-state index contributed by atoms with van der Waals surface area (Å²) < 4.78 is 5.71. The van der Waals surface area contributed by atoms with E-state index >= 15 is 0 Å². The summed E-state index contributed by atoms with van der Waals surface area (Å²) in [6, 6.07) is 0. The molecule has 4 aliphatic rings. The first-order valence-corrected chi connectivity index (χ1v) is 10.2. The number of fused-ring (bicyclic) bond motifs is 5. The highest BCUT2D eigenvalue weighted by atomic mass is 16.5. The predicted octanol–water partition coefficient (Wildman–Crippen LogP) is 3.29. The number of carbonyl (C=O) groups is 1. The summed E-state index contributed by atoms with van der Waals surface area (Å²) in [6.07, 6.45) is 8.50. The van der Waals surface area contributed by atoms with Crippen LogP contribution in [0.5, 0.6) is 0 Å². The zero-order valence-electron chi connectivity index (χ0n) is 16.0. The highest BCUT2D eigenvalue weighted by molar-refractivity contribution is 5.66. The van der Waals surface area contributed by atoms with E-state index < -0.39 is 5.60 Å². The SMILES string of the molecule is CC(=O)O[C@H]1CC[C@H]2[C@@H]3CC[C@H]4[C@@](O)(CO)CC[C@]4(C)[C@H]3CC[C@]12C. The van der Waals surface area contributed by atoms with Crippen molar-refractivity contribution in [3.8, 4) is 0 Å². The Hall–Kier alpha value is -0.610. The maximum Gasteiger partial charge on any atom is 0.302 e. The van der Waals surface area contributed by atoms with Crippen molar-refractivity contribution in [3.63, 3.8) is 0 Å². The molecule has 0 unspecified atom stereocenters. The third-order valence-electron chi connectivity index (χ3n) is 9.11. The van der Waals surface area contributed by atoms with E-state index in [-0.39, 0.29) is 35.4 Å². The van der Waals surface area contributed by atoms with Crippen LogP contribution in [0.4, 0.5) is 0 Å². The second-order valence-corrected chi connectivity index (χ2v) is 9.99. The lowest BCUT2D eigenvalue weighted by atomic mass is 9.47. The maximum atomic E-state index is 11.5. The predicted molar refractivity (Wildman–Crippen MR) is 94.7 cm³/mol. The van der Waals surface area contributed by atoms with Gasteiger partial charge >= 0.3 is 5.97 Å². The van der Waals surface area contributed by atoms with E-state index in [1.54, 1.807) is 0 Å². The number of hydrogen-bond donors (Lipinski definition) is 2. The van der Waals surface area contributed by atoms with Crippen LogP contribution in [0.2, 0.25) is 0 Å². The topological polar surface area (TPSA) is 66.8 Å². The highest BCUT2D eigenvalue weighted by Gasteiger charge is 2.65. The molecule has 0 aromatic heterocycles.